The summed E-state index contributed by atoms with van der Waals surface area (Å²) in [4.78, 5) is 28.1. The zero-order valence-corrected chi connectivity index (χ0v) is 14.9. The standard InChI is InChI=1S/C18H17ClN2O2S/c1-9-2-5-15-12(6-9)14(8-20)18(24-15)21-16(22)11-4-3-10(19)7-13(11)17(21)23/h3,9,11,13H,2,4-7H2,1H3/t9-,11-,13-/m1/s1. The Bertz CT molecular complexity index is 820. The highest BCUT2D eigenvalue weighted by molar-refractivity contribution is 7.17. The van der Waals surface area contributed by atoms with Gasteiger partial charge >= 0.3 is 0 Å². The number of anilines is 1. The highest BCUT2D eigenvalue weighted by atomic mass is 35.5. The van der Waals surface area contributed by atoms with E-state index >= 15 is 0 Å². The Balaban J connectivity index is 1.77. The second-order valence-corrected chi connectivity index (χ2v) is 8.53. The van der Waals surface area contributed by atoms with Gasteiger partial charge in [0.15, 0.2) is 0 Å². The number of nitrogens with zero attached hydrogens (tertiary/aromatic N) is 2. The van der Waals surface area contributed by atoms with Gasteiger partial charge in [0.1, 0.15) is 11.1 Å². The molecule has 1 aromatic rings. The SMILES string of the molecule is C[C@@H]1CCc2sc(N3C(=O)[C@@H]4CC=C(Cl)C[C@H]4C3=O)c(C#N)c2C1. The number of fused-ring (bicyclic) bond motifs is 2. The molecule has 2 aliphatic carbocycles. The Hall–Kier alpha value is -1.64. The largest absolute Gasteiger partial charge is 0.274 e. The van der Waals surface area contributed by atoms with Crippen LogP contribution in [0, 0.1) is 29.1 Å². The number of aryl methyl sites for hydroxylation is 1. The molecule has 3 aliphatic rings. The minimum atomic E-state index is -0.375. The molecule has 2 heterocycles. The van der Waals surface area contributed by atoms with Crippen LogP contribution in [0.4, 0.5) is 5.00 Å². The first-order valence-corrected chi connectivity index (χ1v) is 9.47. The number of thiophene rings is 1. The smallest absolute Gasteiger partial charge is 0.238 e. The number of imide groups is 1. The topological polar surface area (TPSA) is 61.2 Å². The minimum Gasteiger partial charge on any atom is -0.274 e. The van der Waals surface area contributed by atoms with E-state index in [2.05, 4.69) is 13.0 Å². The first kappa shape index (κ1) is 15.9. The maximum Gasteiger partial charge on any atom is 0.238 e. The van der Waals surface area contributed by atoms with Gasteiger partial charge in [-0.2, -0.15) is 5.26 Å². The van der Waals surface area contributed by atoms with E-state index in [0.717, 1.165) is 29.7 Å². The zero-order valence-electron chi connectivity index (χ0n) is 13.3. The van der Waals surface area contributed by atoms with E-state index in [4.69, 9.17) is 11.6 Å². The fourth-order valence-corrected chi connectivity index (χ4v) is 5.60. The highest BCUT2D eigenvalue weighted by Crippen LogP contribution is 2.46. The lowest BCUT2D eigenvalue weighted by atomic mass is 9.85. The van der Waals surface area contributed by atoms with Gasteiger partial charge < -0.3 is 0 Å². The monoisotopic (exact) mass is 360 g/mol. The Morgan fingerprint density at radius 1 is 1.29 bits per heavy atom. The van der Waals surface area contributed by atoms with Crippen molar-refractivity contribution < 1.29 is 9.59 Å². The number of hydrogen-bond acceptors (Lipinski definition) is 4. The predicted molar refractivity (Wildman–Crippen MR) is 92.9 cm³/mol. The first-order valence-electron chi connectivity index (χ1n) is 8.28. The number of carbonyl (C=O) groups is 2. The van der Waals surface area contributed by atoms with E-state index in [1.54, 1.807) is 0 Å². The maximum absolute atomic E-state index is 12.9. The molecule has 3 atom stereocenters. The van der Waals surface area contributed by atoms with Gasteiger partial charge in [-0.05, 0) is 43.6 Å². The zero-order chi connectivity index (χ0) is 17.0. The van der Waals surface area contributed by atoms with E-state index in [9.17, 15) is 14.9 Å². The molecule has 0 saturated carbocycles. The van der Waals surface area contributed by atoms with Crippen molar-refractivity contribution in [1.82, 2.24) is 0 Å². The van der Waals surface area contributed by atoms with Crippen molar-refractivity contribution in [2.45, 2.75) is 39.0 Å². The van der Waals surface area contributed by atoms with Crippen molar-refractivity contribution in [1.29, 1.82) is 5.26 Å². The fourth-order valence-electron chi connectivity index (χ4n) is 4.04. The molecule has 1 aliphatic heterocycles. The van der Waals surface area contributed by atoms with Gasteiger partial charge in [-0.3, -0.25) is 9.59 Å². The molecule has 0 bridgehead atoms. The second kappa shape index (κ2) is 5.72. The van der Waals surface area contributed by atoms with Crippen LogP contribution in [0.1, 0.15) is 42.2 Å². The molecular weight excluding hydrogens is 344 g/mol. The lowest BCUT2D eigenvalue weighted by molar-refractivity contribution is -0.122. The lowest BCUT2D eigenvalue weighted by Crippen LogP contribution is -2.30. The molecule has 1 saturated heterocycles. The van der Waals surface area contributed by atoms with Crippen molar-refractivity contribution in [3.05, 3.63) is 27.1 Å². The number of amides is 2. The van der Waals surface area contributed by atoms with E-state index in [1.165, 1.54) is 16.2 Å². The molecule has 0 unspecified atom stereocenters. The van der Waals surface area contributed by atoms with Crippen molar-refractivity contribution in [2.24, 2.45) is 17.8 Å². The van der Waals surface area contributed by atoms with Crippen LogP contribution < -0.4 is 4.90 Å². The number of carbonyl (C=O) groups excluding carboxylic acids is 2. The molecule has 0 radical (unpaired) electrons. The van der Waals surface area contributed by atoms with Gasteiger partial charge in [0.2, 0.25) is 11.8 Å². The molecule has 124 valence electrons. The number of hydrogen-bond donors (Lipinski definition) is 0. The molecule has 1 fully saturated rings. The van der Waals surface area contributed by atoms with Gasteiger partial charge in [0.25, 0.3) is 0 Å². The molecule has 0 N–H and O–H groups in total. The van der Waals surface area contributed by atoms with Gasteiger partial charge in [-0.15, -0.1) is 11.3 Å². The summed E-state index contributed by atoms with van der Waals surface area (Å²) >= 11 is 7.53. The summed E-state index contributed by atoms with van der Waals surface area (Å²) in [5.74, 6) is -0.542. The van der Waals surface area contributed by atoms with Crippen LogP contribution >= 0.6 is 22.9 Å². The van der Waals surface area contributed by atoms with E-state index in [-0.39, 0.29) is 23.7 Å². The Kier molecular flexibility index (Phi) is 3.78. The van der Waals surface area contributed by atoms with Crippen LogP contribution in [0.2, 0.25) is 0 Å². The van der Waals surface area contributed by atoms with Crippen molar-refractivity contribution >= 4 is 39.8 Å². The first-order chi connectivity index (χ1) is 11.5. The molecule has 4 rings (SSSR count). The van der Waals surface area contributed by atoms with Crippen molar-refractivity contribution in [3.8, 4) is 6.07 Å². The summed E-state index contributed by atoms with van der Waals surface area (Å²) in [6.45, 7) is 2.18. The Labute approximate surface area is 149 Å². The molecule has 24 heavy (non-hydrogen) atoms. The summed E-state index contributed by atoms with van der Waals surface area (Å²) in [6.07, 6.45) is 5.64. The van der Waals surface area contributed by atoms with Gasteiger partial charge in [0.05, 0.1) is 17.4 Å². The lowest BCUT2D eigenvalue weighted by Gasteiger charge is -2.17. The molecule has 4 nitrogen and oxygen atoms in total. The molecular formula is C18H17ClN2O2S. The van der Waals surface area contributed by atoms with Crippen LogP contribution in [0.3, 0.4) is 0 Å². The summed E-state index contributed by atoms with van der Waals surface area (Å²) in [5, 5.41) is 10.8. The van der Waals surface area contributed by atoms with Gasteiger partial charge in [-0.25, -0.2) is 4.90 Å². The number of rotatable bonds is 1. The third kappa shape index (κ3) is 2.24. The van der Waals surface area contributed by atoms with E-state index in [1.807, 2.05) is 6.08 Å². The maximum atomic E-state index is 12.9. The van der Waals surface area contributed by atoms with Crippen LogP contribution in [-0.2, 0) is 22.4 Å². The highest BCUT2D eigenvalue weighted by Gasteiger charge is 2.50. The number of halogens is 1. The van der Waals surface area contributed by atoms with Crippen molar-refractivity contribution in [3.63, 3.8) is 0 Å². The van der Waals surface area contributed by atoms with Gasteiger partial charge in [-0.1, -0.05) is 24.6 Å². The number of allylic oxidation sites excluding steroid dienone is 2. The molecule has 6 heteroatoms. The summed E-state index contributed by atoms with van der Waals surface area (Å²) in [7, 11) is 0. The van der Waals surface area contributed by atoms with Crippen molar-refractivity contribution in [2.75, 3.05) is 4.90 Å². The summed E-state index contributed by atoms with van der Waals surface area (Å²) < 4.78 is 0. The second-order valence-electron chi connectivity index (χ2n) is 6.96. The summed E-state index contributed by atoms with van der Waals surface area (Å²) in [5.41, 5.74) is 1.57. The average Bonchev–Trinajstić information content (AvgIpc) is 3.02. The normalized spacial score (nSPS) is 29.1. The average molecular weight is 361 g/mol. The van der Waals surface area contributed by atoms with Crippen LogP contribution in [0.25, 0.3) is 0 Å². The van der Waals surface area contributed by atoms with Crippen LogP contribution in [-0.4, -0.2) is 11.8 Å². The molecule has 2 amide bonds. The quantitative estimate of drug-likeness (QED) is 0.716. The van der Waals surface area contributed by atoms with Crippen LogP contribution in [0.15, 0.2) is 11.1 Å². The fraction of sp³-hybridized carbons (Fsp3) is 0.500. The third-order valence-corrected chi connectivity index (χ3v) is 6.96. The van der Waals surface area contributed by atoms with E-state index in [0.29, 0.717) is 34.4 Å². The van der Waals surface area contributed by atoms with Crippen LogP contribution in [0.5, 0.6) is 0 Å². The van der Waals surface area contributed by atoms with E-state index < -0.39 is 0 Å². The summed E-state index contributed by atoms with van der Waals surface area (Å²) in [6, 6.07) is 2.26. The van der Waals surface area contributed by atoms with Gasteiger partial charge in [0, 0.05) is 9.91 Å². The molecule has 1 aromatic heterocycles. The third-order valence-electron chi connectivity index (χ3n) is 5.37. The minimum absolute atomic E-state index is 0.173. The Morgan fingerprint density at radius 3 is 2.79 bits per heavy atom. The Morgan fingerprint density at radius 2 is 2.04 bits per heavy atom. The predicted octanol–water partition coefficient (Wildman–Crippen LogP) is 3.77. The molecule has 0 aromatic carbocycles. The number of nitriles is 1. The molecule has 0 spiro atoms.